The maximum absolute atomic E-state index is 4.13. The molecule has 3 nitrogen and oxygen atoms in total. The summed E-state index contributed by atoms with van der Waals surface area (Å²) in [6.07, 6.45) is 3.48. The van der Waals surface area contributed by atoms with E-state index in [0.29, 0.717) is 6.54 Å². The van der Waals surface area contributed by atoms with Gasteiger partial charge < -0.3 is 5.32 Å². The highest BCUT2D eigenvalue weighted by molar-refractivity contribution is 9.10. The SMILES string of the molecule is Brc1ccc(NCc2ncccn2)cc1. The number of benzene rings is 1. The van der Waals surface area contributed by atoms with Crippen LogP contribution in [0.1, 0.15) is 5.82 Å². The topological polar surface area (TPSA) is 37.8 Å². The Balaban J connectivity index is 1.96. The second-order valence-corrected chi connectivity index (χ2v) is 3.94. The predicted molar refractivity (Wildman–Crippen MR) is 63.5 cm³/mol. The molecule has 1 N–H and O–H groups in total. The second kappa shape index (κ2) is 4.89. The number of halogens is 1. The van der Waals surface area contributed by atoms with E-state index in [4.69, 9.17) is 0 Å². The maximum atomic E-state index is 4.13. The molecule has 0 atom stereocenters. The Morgan fingerprint density at radius 2 is 1.73 bits per heavy atom. The molecule has 76 valence electrons. The molecule has 0 bridgehead atoms. The van der Waals surface area contributed by atoms with Crippen molar-refractivity contribution < 1.29 is 0 Å². The lowest BCUT2D eigenvalue weighted by Gasteiger charge is -2.04. The molecule has 4 heteroatoms. The Hall–Kier alpha value is -1.42. The molecule has 0 radical (unpaired) electrons. The lowest BCUT2D eigenvalue weighted by Crippen LogP contribution is -2.02. The molecule has 0 aliphatic heterocycles. The van der Waals surface area contributed by atoms with Gasteiger partial charge in [0.25, 0.3) is 0 Å². The van der Waals surface area contributed by atoms with Gasteiger partial charge in [0.15, 0.2) is 0 Å². The van der Waals surface area contributed by atoms with Gasteiger partial charge in [-0.25, -0.2) is 9.97 Å². The second-order valence-electron chi connectivity index (χ2n) is 3.03. The summed E-state index contributed by atoms with van der Waals surface area (Å²) in [7, 11) is 0. The summed E-state index contributed by atoms with van der Waals surface area (Å²) in [5, 5.41) is 3.24. The van der Waals surface area contributed by atoms with Crippen LogP contribution in [0, 0.1) is 0 Å². The van der Waals surface area contributed by atoms with E-state index in [-0.39, 0.29) is 0 Å². The highest BCUT2D eigenvalue weighted by atomic mass is 79.9. The van der Waals surface area contributed by atoms with Crippen LogP contribution in [0.5, 0.6) is 0 Å². The zero-order valence-corrected chi connectivity index (χ0v) is 9.61. The summed E-state index contributed by atoms with van der Waals surface area (Å²) >= 11 is 3.39. The Morgan fingerprint density at radius 3 is 2.40 bits per heavy atom. The number of nitrogens with zero attached hydrogens (tertiary/aromatic N) is 2. The van der Waals surface area contributed by atoms with E-state index in [1.807, 2.05) is 30.3 Å². The van der Waals surface area contributed by atoms with E-state index in [9.17, 15) is 0 Å². The van der Waals surface area contributed by atoms with Crippen LogP contribution in [0.15, 0.2) is 47.2 Å². The number of aromatic nitrogens is 2. The van der Waals surface area contributed by atoms with Crippen molar-refractivity contribution in [2.75, 3.05) is 5.32 Å². The van der Waals surface area contributed by atoms with Gasteiger partial charge in [-0.1, -0.05) is 15.9 Å². The summed E-state index contributed by atoms with van der Waals surface area (Å²) in [6, 6.07) is 9.81. The number of anilines is 1. The molecule has 0 amide bonds. The normalized spacial score (nSPS) is 9.93. The molecule has 2 rings (SSSR count). The van der Waals surface area contributed by atoms with Gasteiger partial charge in [-0.15, -0.1) is 0 Å². The van der Waals surface area contributed by atoms with Gasteiger partial charge in [0, 0.05) is 22.6 Å². The molecule has 0 spiro atoms. The number of rotatable bonds is 3. The van der Waals surface area contributed by atoms with Crippen LogP contribution in [0.25, 0.3) is 0 Å². The molecule has 0 saturated carbocycles. The van der Waals surface area contributed by atoms with Crippen LogP contribution in [0.2, 0.25) is 0 Å². The zero-order valence-electron chi connectivity index (χ0n) is 8.02. The largest absolute Gasteiger partial charge is 0.378 e. The summed E-state index contributed by atoms with van der Waals surface area (Å²) in [6.45, 7) is 0.641. The molecule has 1 heterocycles. The van der Waals surface area contributed by atoms with Gasteiger partial charge in [-0.05, 0) is 30.3 Å². The molecular weight excluding hydrogens is 254 g/mol. The van der Waals surface area contributed by atoms with E-state index < -0.39 is 0 Å². The Bertz CT molecular complexity index is 414. The molecule has 0 aliphatic rings. The number of nitrogens with one attached hydrogen (secondary N) is 1. The molecule has 1 aromatic carbocycles. The average Bonchev–Trinajstić information content (AvgIpc) is 2.30. The third-order valence-electron chi connectivity index (χ3n) is 1.91. The van der Waals surface area contributed by atoms with Gasteiger partial charge in [-0.3, -0.25) is 0 Å². The fourth-order valence-corrected chi connectivity index (χ4v) is 1.43. The molecule has 15 heavy (non-hydrogen) atoms. The highest BCUT2D eigenvalue weighted by Crippen LogP contribution is 2.14. The molecule has 0 fully saturated rings. The Labute approximate surface area is 96.7 Å². The Morgan fingerprint density at radius 1 is 1.07 bits per heavy atom. The molecule has 0 saturated heterocycles. The number of hydrogen-bond donors (Lipinski definition) is 1. The first-order valence-electron chi connectivity index (χ1n) is 4.60. The fourth-order valence-electron chi connectivity index (χ4n) is 1.17. The number of hydrogen-bond acceptors (Lipinski definition) is 3. The van der Waals surface area contributed by atoms with Crippen molar-refractivity contribution in [3.05, 3.63) is 53.0 Å². The van der Waals surface area contributed by atoms with Gasteiger partial charge in [0.2, 0.25) is 0 Å². The van der Waals surface area contributed by atoms with Gasteiger partial charge in [0.1, 0.15) is 5.82 Å². The lowest BCUT2D eigenvalue weighted by molar-refractivity contribution is 0.948. The first-order chi connectivity index (χ1) is 7.34. The Kier molecular flexibility index (Phi) is 3.29. The first kappa shape index (κ1) is 10.1. The van der Waals surface area contributed by atoms with E-state index in [1.165, 1.54) is 0 Å². The minimum Gasteiger partial charge on any atom is -0.378 e. The summed E-state index contributed by atoms with van der Waals surface area (Å²) in [5.74, 6) is 0.792. The highest BCUT2D eigenvalue weighted by Gasteiger charge is 1.95. The van der Waals surface area contributed by atoms with E-state index in [0.717, 1.165) is 16.0 Å². The van der Waals surface area contributed by atoms with Gasteiger partial charge in [-0.2, -0.15) is 0 Å². The molecular formula is C11H10BrN3. The fraction of sp³-hybridized carbons (Fsp3) is 0.0909. The lowest BCUT2D eigenvalue weighted by atomic mass is 10.3. The van der Waals surface area contributed by atoms with E-state index in [1.54, 1.807) is 12.4 Å². The van der Waals surface area contributed by atoms with Crippen molar-refractivity contribution in [2.24, 2.45) is 0 Å². The predicted octanol–water partition coefficient (Wildman–Crippen LogP) is 2.85. The minimum atomic E-state index is 0.641. The van der Waals surface area contributed by atoms with Crippen LogP contribution in [0.3, 0.4) is 0 Å². The van der Waals surface area contributed by atoms with Crippen LogP contribution < -0.4 is 5.32 Å². The quantitative estimate of drug-likeness (QED) is 0.926. The zero-order chi connectivity index (χ0) is 10.5. The van der Waals surface area contributed by atoms with Crippen molar-refractivity contribution >= 4 is 21.6 Å². The third kappa shape index (κ3) is 3.02. The van der Waals surface area contributed by atoms with Crippen molar-refractivity contribution in [1.29, 1.82) is 0 Å². The summed E-state index contributed by atoms with van der Waals surface area (Å²) in [5.41, 5.74) is 1.06. The average molecular weight is 264 g/mol. The molecule has 2 aromatic rings. The molecule has 0 aliphatic carbocycles. The standard InChI is InChI=1S/C11H10BrN3/c12-9-2-4-10(5-3-9)15-8-11-13-6-1-7-14-11/h1-7,15H,8H2. The van der Waals surface area contributed by atoms with Crippen LogP contribution >= 0.6 is 15.9 Å². The maximum Gasteiger partial charge on any atom is 0.147 e. The smallest absolute Gasteiger partial charge is 0.147 e. The molecule has 1 aromatic heterocycles. The van der Waals surface area contributed by atoms with Crippen LogP contribution in [0.4, 0.5) is 5.69 Å². The minimum absolute atomic E-state index is 0.641. The van der Waals surface area contributed by atoms with Crippen LogP contribution in [-0.4, -0.2) is 9.97 Å². The van der Waals surface area contributed by atoms with Gasteiger partial charge >= 0.3 is 0 Å². The van der Waals surface area contributed by atoms with Crippen molar-refractivity contribution in [3.8, 4) is 0 Å². The monoisotopic (exact) mass is 263 g/mol. The summed E-state index contributed by atoms with van der Waals surface area (Å²) < 4.78 is 1.07. The van der Waals surface area contributed by atoms with E-state index >= 15 is 0 Å². The summed E-state index contributed by atoms with van der Waals surface area (Å²) in [4.78, 5) is 8.26. The van der Waals surface area contributed by atoms with Crippen molar-refractivity contribution in [3.63, 3.8) is 0 Å². The van der Waals surface area contributed by atoms with Crippen LogP contribution in [-0.2, 0) is 6.54 Å². The third-order valence-corrected chi connectivity index (χ3v) is 2.44. The van der Waals surface area contributed by atoms with Crippen molar-refractivity contribution in [1.82, 2.24) is 9.97 Å². The first-order valence-corrected chi connectivity index (χ1v) is 5.39. The van der Waals surface area contributed by atoms with Crippen molar-refractivity contribution in [2.45, 2.75) is 6.54 Å². The molecule has 0 unspecified atom stereocenters. The van der Waals surface area contributed by atoms with Gasteiger partial charge in [0.05, 0.1) is 6.54 Å². The van der Waals surface area contributed by atoms with E-state index in [2.05, 4.69) is 31.2 Å².